The van der Waals surface area contributed by atoms with Gasteiger partial charge in [0, 0.05) is 0 Å². The number of rotatable bonds is 0. The number of fused-ring (bicyclic) bond motifs is 1. The molecule has 2 heteroatoms. The van der Waals surface area contributed by atoms with Crippen molar-refractivity contribution in [2.75, 3.05) is 0 Å². The number of hydrogen-bond acceptors (Lipinski definition) is 1. The van der Waals surface area contributed by atoms with Crippen molar-refractivity contribution in [3.8, 4) is 0 Å². The molecule has 2 fully saturated rings. The molecular weight excluding hydrogens is 184 g/mol. The smallest absolute Gasteiger partial charge is 0.0706 e. The normalized spacial score (nSPS) is 51.5. The number of halogens is 1. The second-order valence-corrected chi connectivity index (χ2v) is 5.68. The molecule has 2 saturated carbocycles. The molecule has 13 heavy (non-hydrogen) atoms. The van der Waals surface area contributed by atoms with Crippen LogP contribution in [0.15, 0.2) is 0 Å². The first kappa shape index (κ1) is 9.79. The Kier molecular flexibility index (Phi) is 2.59. The van der Waals surface area contributed by atoms with E-state index in [1.807, 2.05) is 0 Å². The molecule has 1 nitrogen and oxygen atoms in total. The average molecular weight is 203 g/mol. The minimum Gasteiger partial charge on any atom is -0.392 e. The van der Waals surface area contributed by atoms with Crippen molar-refractivity contribution < 1.29 is 5.11 Å². The predicted octanol–water partition coefficient (Wildman–Crippen LogP) is 2.95. The van der Waals surface area contributed by atoms with Gasteiger partial charge in [0.05, 0.1) is 11.5 Å². The number of alkyl halides is 1. The highest BCUT2D eigenvalue weighted by atomic mass is 35.5. The summed E-state index contributed by atoms with van der Waals surface area (Å²) < 4.78 is 0. The minimum atomic E-state index is -0.252. The Balaban J connectivity index is 2.10. The molecule has 1 N–H and O–H groups in total. The zero-order chi connectivity index (χ0) is 9.47. The first-order valence-electron chi connectivity index (χ1n) is 5.44. The fraction of sp³-hybridized carbons (Fsp3) is 1.00. The van der Waals surface area contributed by atoms with Crippen molar-refractivity contribution >= 4 is 11.6 Å². The highest BCUT2D eigenvalue weighted by Crippen LogP contribution is 2.51. The third kappa shape index (κ3) is 1.73. The van der Waals surface area contributed by atoms with E-state index in [1.165, 1.54) is 25.7 Å². The van der Waals surface area contributed by atoms with Crippen LogP contribution in [0.4, 0.5) is 0 Å². The van der Waals surface area contributed by atoms with E-state index in [9.17, 15) is 5.11 Å². The minimum absolute atomic E-state index is 0.000602. The van der Waals surface area contributed by atoms with E-state index in [0.717, 1.165) is 18.8 Å². The lowest BCUT2D eigenvalue weighted by Crippen LogP contribution is -2.44. The second-order valence-electron chi connectivity index (χ2n) is 5.12. The van der Waals surface area contributed by atoms with Crippen LogP contribution in [0, 0.1) is 11.3 Å². The van der Waals surface area contributed by atoms with Gasteiger partial charge in [-0.1, -0.05) is 19.8 Å². The van der Waals surface area contributed by atoms with Crippen molar-refractivity contribution in [2.24, 2.45) is 11.3 Å². The van der Waals surface area contributed by atoms with Gasteiger partial charge in [0.15, 0.2) is 0 Å². The van der Waals surface area contributed by atoms with Crippen LogP contribution in [-0.4, -0.2) is 16.6 Å². The molecule has 0 bridgehead atoms. The topological polar surface area (TPSA) is 20.2 Å². The molecule has 0 aromatic rings. The summed E-state index contributed by atoms with van der Waals surface area (Å²) >= 11 is 6.13. The summed E-state index contributed by atoms with van der Waals surface area (Å²) in [5.74, 6) is 0.728. The van der Waals surface area contributed by atoms with Gasteiger partial charge >= 0.3 is 0 Å². The van der Waals surface area contributed by atoms with E-state index in [4.69, 9.17) is 11.6 Å². The molecule has 2 aliphatic rings. The van der Waals surface area contributed by atoms with Crippen molar-refractivity contribution in [1.29, 1.82) is 0 Å². The molecule has 2 aliphatic carbocycles. The lowest BCUT2D eigenvalue weighted by atomic mass is 9.60. The zero-order valence-electron chi connectivity index (χ0n) is 8.30. The first-order chi connectivity index (χ1) is 6.12. The predicted molar refractivity (Wildman–Crippen MR) is 54.9 cm³/mol. The summed E-state index contributed by atoms with van der Waals surface area (Å²) in [6.45, 7) is 2.36. The fourth-order valence-corrected chi connectivity index (χ4v) is 3.62. The van der Waals surface area contributed by atoms with Gasteiger partial charge in [-0.15, -0.1) is 11.6 Å². The van der Waals surface area contributed by atoms with Crippen molar-refractivity contribution in [3.05, 3.63) is 0 Å². The van der Waals surface area contributed by atoms with Crippen molar-refractivity contribution in [1.82, 2.24) is 0 Å². The molecule has 0 heterocycles. The maximum atomic E-state index is 9.70. The van der Waals surface area contributed by atoms with Crippen LogP contribution in [0.2, 0.25) is 0 Å². The number of hydrogen-bond donors (Lipinski definition) is 1. The van der Waals surface area contributed by atoms with Gasteiger partial charge in [0.25, 0.3) is 0 Å². The summed E-state index contributed by atoms with van der Waals surface area (Å²) in [5.41, 5.74) is 0.434. The molecule has 0 spiro atoms. The van der Waals surface area contributed by atoms with Crippen LogP contribution < -0.4 is 0 Å². The Morgan fingerprint density at radius 3 is 2.92 bits per heavy atom. The highest BCUT2D eigenvalue weighted by Gasteiger charge is 2.44. The fourth-order valence-electron chi connectivity index (χ4n) is 3.16. The zero-order valence-corrected chi connectivity index (χ0v) is 9.06. The molecule has 0 aromatic heterocycles. The SMILES string of the molecule is C[C@]12CCCC[C@@H]1C[C@H](O)[C@@H](Cl)C2. The highest BCUT2D eigenvalue weighted by molar-refractivity contribution is 6.21. The second kappa shape index (κ2) is 3.43. The van der Waals surface area contributed by atoms with E-state index in [-0.39, 0.29) is 11.5 Å². The maximum absolute atomic E-state index is 9.70. The lowest BCUT2D eigenvalue weighted by Gasteiger charge is -2.48. The molecular formula is C11H19ClO. The van der Waals surface area contributed by atoms with Gasteiger partial charge in [-0.25, -0.2) is 0 Å². The van der Waals surface area contributed by atoms with Crippen molar-refractivity contribution in [2.45, 2.75) is 56.9 Å². The van der Waals surface area contributed by atoms with Crippen LogP contribution in [0.5, 0.6) is 0 Å². The average Bonchev–Trinajstić information content (AvgIpc) is 2.07. The summed E-state index contributed by atoms with van der Waals surface area (Å²) in [6.07, 6.45) is 7.01. The van der Waals surface area contributed by atoms with E-state index in [2.05, 4.69) is 6.92 Å². The summed E-state index contributed by atoms with van der Waals surface area (Å²) in [5, 5.41) is 9.70. The molecule has 4 atom stereocenters. The summed E-state index contributed by atoms with van der Waals surface area (Å²) in [4.78, 5) is 0. The summed E-state index contributed by atoms with van der Waals surface area (Å²) in [6, 6.07) is 0. The van der Waals surface area contributed by atoms with Crippen LogP contribution >= 0.6 is 11.6 Å². The monoisotopic (exact) mass is 202 g/mol. The maximum Gasteiger partial charge on any atom is 0.0706 e. The van der Waals surface area contributed by atoms with E-state index >= 15 is 0 Å². The molecule has 76 valence electrons. The molecule has 0 aliphatic heterocycles. The van der Waals surface area contributed by atoms with Crippen LogP contribution in [0.3, 0.4) is 0 Å². The third-order valence-electron chi connectivity index (χ3n) is 4.14. The van der Waals surface area contributed by atoms with Gasteiger partial charge in [0.1, 0.15) is 0 Å². The van der Waals surface area contributed by atoms with Gasteiger partial charge < -0.3 is 5.11 Å². The molecule has 0 aromatic carbocycles. The standard InChI is InChI=1S/C11H19ClO/c1-11-5-3-2-4-8(11)6-10(13)9(12)7-11/h8-10,13H,2-7H2,1H3/t8-,9+,10+,11-/m1/s1. The molecule has 2 rings (SSSR count). The van der Waals surface area contributed by atoms with Crippen LogP contribution in [-0.2, 0) is 0 Å². The number of aliphatic hydroxyl groups is 1. The quantitative estimate of drug-likeness (QED) is 0.599. The van der Waals surface area contributed by atoms with Crippen LogP contribution in [0.1, 0.15) is 45.4 Å². The third-order valence-corrected chi connectivity index (χ3v) is 4.59. The van der Waals surface area contributed by atoms with Gasteiger partial charge in [0.2, 0.25) is 0 Å². The Labute approximate surface area is 85.5 Å². The van der Waals surface area contributed by atoms with Gasteiger partial charge in [-0.2, -0.15) is 0 Å². The Morgan fingerprint density at radius 2 is 2.15 bits per heavy atom. The van der Waals surface area contributed by atoms with Crippen LogP contribution in [0.25, 0.3) is 0 Å². The van der Waals surface area contributed by atoms with E-state index in [0.29, 0.717) is 5.41 Å². The molecule has 0 saturated heterocycles. The molecule has 0 unspecified atom stereocenters. The Morgan fingerprint density at radius 1 is 1.38 bits per heavy atom. The van der Waals surface area contributed by atoms with Gasteiger partial charge in [-0.05, 0) is 37.0 Å². The first-order valence-corrected chi connectivity index (χ1v) is 5.87. The lowest BCUT2D eigenvalue weighted by molar-refractivity contribution is -0.00418. The molecule has 0 radical (unpaired) electrons. The van der Waals surface area contributed by atoms with Gasteiger partial charge in [-0.3, -0.25) is 0 Å². The number of aliphatic hydroxyl groups excluding tert-OH is 1. The van der Waals surface area contributed by atoms with E-state index in [1.54, 1.807) is 0 Å². The Hall–Kier alpha value is 0.250. The van der Waals surface area contributed by atoms with E-state index < -0.39 is 0 Å². The largest absolute Gasteiger partial charge is 0.392 e. The molecule has 0 amide bonds. The Bertz CT molecular complexity index is 195. The summed E-state index contributed by atoms with van der Waals surface area (Å²) in [7, 11) is 0. The van der Waals surface area contributed by atoms with Crippen molar-refractivity contribution in [3.63, 3.8) is 0 Å².